The van der Waals surface area contributed by atoms with Gasteiger partial charge in [0.1, 0.15) is 0 Å². The van der Waals surface area contributed by atoms with Crippen LogP contribution in [-0.2, 0) is 50.8 Å². The van der Waals surface area contributed by atoms with E-state index in [1.54, 1.807) is 0 Å². The molecule has 34 heavy (non-hydrogen) atoms. The van der Waals surface area contributed by atoms with E-state index >= 15 is 0 Å². The van der Waals surface area contributed by atoms with Gasteiger partial charge in [0.05, 0.1) is 60.6 Å². The van der Waals surface area contributed by atoms with E-state index in [9.17, 15) is 0 Å². The highest BCUT2D eigenvalue weighted by Crippen LogP contribution is 2.56. The summed E-state index contributed by atoms with van der Waals surface area (Å²) in [5.74, 6) is 0. The Balaban J connectivity index is 0. The zero-order chi connectivity index (χ0) is 27.5. The minimum absolute atomic E-state index is 0.236. The second-order valence-electron chi connectivity index (χ2n) is 11.2. The van der Waals surface area contributed by atoms with Crippen LogP contribution in [0.4, 0.5) is 0 Å². The Kier molecular flexibility index (Phi) is 15.6. The molecule has 0 heterocycles. The number of hydrogen-bond donors (Lipinski definition) is 0. The van der Waals surface area contributed by atoms with Crippen molar-refractivity contribution in [2.45, 2.75) is 118 Å². The topological polar surface area (TPSA) is 103 Å². The van der Waals surface area contributed by atoms with Crippen LogP contribution in [-0.4, -0.2) is 35.6 Å². The first-order valence-corrected chi connectivity index (χ1v) is 16.1. The summed E-state index contributed by atoms with van der Waals surface area (Å²) in [6.07, 6.45) is 0.554. The summed E-state index contributed by atoms with van der Waals surface area (Å²) in [5.41, 5.74) is -1.75. The largest absolute Gasteiger partial charge is 0.328 e. The molecule has 0 aliphatic heterocycles. The molecular formula is C22H44N2O6P2S2. The van der Waals surface area contributed by atoms with Crippen LogP contribution < -0.4 is 0 Å². The van der Waals surface area contributed by atoms with Crippen molar-refractivity contribution < 1.29 is 27.1 Å². The summed E-state index contributed by atoms with van der Waals surface area (Å²) in [6, 6.07) is 4.00. The molecule has 0 rings (SSSR count). The Morgan fingerprint density at radius 2 is 0.735 bits per heavy atom. The van der Waals surface area contributed by atoms with Crippen molar-refractivity contribution in [3.63, 3.8) is 0 Å². The lowest BCUT2D eigenvalue weighted by molar-refractivity contribution is 0.0298. The molecule has 0 aliphatic rings. The smallest absolute Gasteiger partial charge is 0.308 e. The van der Waals surface area contributed by atoms with E-state index in [1.165, 1.54) is 0 Å². The molecule has 0 fully saturated rings. The van der Waals surface area contributed by atoms with Gasteiger partial charge in [-0.2, -0.15) is 10.5 Å². The van der Waals surface area contributed by atoms with Crippen LogP contribution in [0.1, 0.15) is 95.9 Å². The molecule has 0 N–H and O–H groups in total. The zero-order valence-electron chi connectivity index (χ0n) is 22.9. The monoisotopic (exact) mass is 558 g/mol. The third-order valence-electron chi connectivity index (χ3n) is 2.47. The number of rotatable bonds is 10. The van der Waals surface area contributed by atoms with Gasteiger partial charge in [-0.05, 0) is 107 Å². The van der Waals surface area contributed by atoms with E-state index in [1.807, 2.05) is 95.2 Å². The fourth-order valence-electron chi connectivity index (χ4n) is 1.89. The number of hydrogen-bond acceptors (Lipinski definition) is 10. The van der Waals surface area contributed by atoms with Gasteiger partial charge in [0.2, 0.25) is 0 Å². The predicted molar refractivity (Wildman–Crippen MR) is 144 cm³/mol. The average Bonchev–Trinajstić information content (AvgIpc) is 2.48. The fourth-order valence-corrected chi connectivity index (χ4v) is 8.62. The summed E-state index contributed by atoms with van der Waals surface area (Å²) < 4.78 is 33.8. The van der Waals surface area contributed by atoms with Crippen LogP contribution in [0.2, 0.25) is 0 Å². The molecule has 0 aromatic rings. The van der Waals surface area contributed by atoms with Gasteiger partial charge >= 0.3 is 13.4 Å². The lowest BCUT2D eigenvalue weighted by Gasteiger charge is -2.33. The normalized spacial score (nSPS) is 13.5. The molecule has 0 saturated heterocycles. The van der Waals surface area contributed by atoms with Crippen LogP contribution in [0.25, 0.3) is 0 Å². The first kappa shape index (κ1) is 36.2. The minimum Gasteiger partial charge on any atom is -0.308 e. The highest BCUT2D eigenvalue weighted by Gasteiger charge is 2.33. The van der Waals surface area contributed by atoms with Crippen molar-refractivity contribution in [1.29, 1.82) is 10.5 Å². The van der Waals surface area contributed by atoms with E-state index in [0.29, 0.717) is 0 Å². The highest BCUT2D eigenvalue weighted by molar-refractivity contribution is 8.07. The molecule has 0 saturated carbocycles. The molecule has 12 heteroatoms. The molecule has 0 atom stereocenters. The number of nitriles is 2. The molecule has 0 radical (unpaired) electrons. The van der Waals surface area contributed by atoms with Gasteiger partial charge in [-0.1, -0.05) is 0 Å². The lowest BCUT2D eigenvalue weighted by atomic mass is 10.2. The number of nitrogens with zero attached hydrogens (tertiary/aromatic N) is 2. The summed E-state index contributed by atoms with van der Waals surface area (Å²) in [4.78, 5) is 0. The molecule has 0 amide bonds. The third-order valence-corrected chi connectivity index (χ3v) is 8.08. The summed E-state index contributed by atoms with van der Waals surface area (Å²) in [7, 11) is 0. The Bertz CT molecular complexity index is 676. The van der Waals surface area contributed by atoms with Gasteiger partial charge in [0.15, 0.2) is 0 Å². The lowest BCUT2D eigenvalue weighted by Crippen LogP contribution is -2.24. The molecule has 0 spiro atoms. The van der Waals surface area contributed by atoms with Crippen molar-refractivity contribution in [1.82, 2.24) is 0 Å². The second-order valence-corrected chi connectivity index (χ2v) is 16.9. The standard InChI is InChI=1S/2C11H22NO3PS/c2*1-10(2,3)14-16(17,13-9-7-8-12)15-11(4,5)6/h2*7,9H2,1-6H3. The predicted octanol–water partition coefficient (Wildman–Crippen LogP) is 7.54. The van der Waals surface area contributed by atoms with Gasteiger partial charge in [-0.15, -0.1) is 0 Å². The van der Waals surface area contributed by atoms with E-state index in [4.69, 9.17) is 61.3 Å². The van der Waals surface area contributed by atoms with E-state index in [-0.39, 0.29) is 26.1 Å². The Morgan fingerprint density at radius 1 is 0.529 bits per heavy atom. The van der Waals surface area contributed by atoms with Crippen molar-refractivity contribution in [2.24, 2.45) is 0 Å². The van der Waals surface area contributed by atoms with Gasteiger partial charge in [0.25, 0.3) is 0 Å². The quantitative estimate of drug-likeness (QED) is 0.197. The summed E-state index contributed by atoms with van der Waals surface area (Å²) >= 11 is 10.7. The summed E-state index contributed by atoms with van der Waals surface area (Å²) in [6.45, 7) is 17.6. The van der Waals surface area contributed by atoms with Crippen LogP contribution >= 0.6 is 13.4 Å². The van der Waals surface area contributed by atoms with Crippen molar-refractivity contribution in [2.75, 3.05) is 13.2 Å². The molecule has 0 unspecified atom stereocenters. The average molecular weight is 559 g/mol. The second kappa shape index (κ2) is 14.7. The molecule has 0 aliphatic carbocycles. The zero-order valence-corrected chi connectivity index (χ0v) is 26.3. The molecule has 200 valence electrons. The molecule has 8 nitrogen and oxygen atoms in total. The van der Waals surface area contributed by atoms with Crippen molar-refractivity contribution in [3.05, 3.63) is 0 Å². The maximum Gasteiger partial charge on any atom is 0.328 e. The van der Waals surface area contributed by atoms with Crippen LogP contribution in [0.5, 0.6) is 0 Å². The van der Waals surface area contributed by atoms with Gasteiger partial charge in [-0.3, -0.25) is 0 Å². The maximum atomic E-state index is 8.49. The SMILES string of the molecule is CC(C)(C)OP(=S)(OCCC#N)OC(C)(C)C.CC(C)(C)OP(=S)(OCCC#N)OC(C)(C)C. The first-order valence-electron chi connectivity index (χ1n) is 11.0. The van der Waals surface area contributed by atoms with Gasteiger partial charge in [-0.25, -0.2) is 0 Å². The molecule has 0 bridgehead atoms. The van der Waals surface area contributed by atoms with Gasteiger partial charge in [0, 0.05) is 0 Å². The Morgan fingerprint density at radius 3 is 0.882 bits per heavy atom. The van der Waals surface area contributed by atoms with E-state index < -0.39 is 35.8 Å². The van der Waals surface area contributed by atoms with Crippen molar-refractivity contribution in [3.8, 4) is 12.1 Å². The van der Waals surface area contributed by atoms with Crippen LogP contribution in [0.3, 0.4) is 0 Å². The third kappa shape index (κ3) is 23.8. The molecular weight excluding hydrogens is 514 g/mol. The maximum absolute atomic E-state index is 8.49. The Hall–Kier alpha value is 0.0400. The van der Waals surface area contributed by atoms with E-state index in [2.05, 4.69) is 0 Å². The van der Waals surface area contributed by atoms with E-state index in [0.717, 1.165) is 0 Å². The highest BCUT2D eigenvalue weighted by atomic mass is 32.5. The van der Waals surface area contributed by atoms with Crippen molar-refractivity contribution >= 4 is 37.1 Å². The summed E-state index contributed by atoms with van der Waals surface area (Å²) in [5, 5.41) is 17.0. The van der Waals surface area contributed by atoms with Gasteiger partial charge < -0.3 is 27.1 Å². The Labute approximate surface area is 218 Å². The fraction of sp³-hybridized carbons (Fsp3) is 0.909. The molecule has 0 aromatic carbocycles. The first-order chi connectivity index (χ1) is 14.9. The molecule has 0 aromatic heterocycles. The van der Waals surface area contributed by atoms with Crippen LogP contribution in [0, 0.1) is 22.7 Å². The van der Waals surface area contributed by atoms with Crippen LogP contribution in [0.15, 0.2) is 0 Å². The minimum atomic E-state index is -2.81.